The number of halogens is 1. The van der Waals surface area contributed by atoms with Gasteiger partial charge in [-0.1, -0.05) is 11.6 Å². The molecule has 0 radical (unpaired) electrons. The summed E-state index contributed by atoms with van der Waals surface area (Å²) in [6.07, 6.45) is 0.872. The van der Waals surface area contributed by atoms with Gasteiger partial charge in [-0.2, -0.15) is 4.31 Å². The molecule has 1 saturated heterocycles. The number of nitrogens with zero attached hydrogens (tertiary/aromatic N) is 1. The lowest BCUT2D eigenvalue weighted by Crippen LogP contribution is -2.31. The third-order valence-corrected chi connectivity index (χ3v) is 6.77. The van der Waals surface area contributed by atoms with E-state index in [1.807, 2.05) is 0 Å². The average molecular weight is 439 g/mol. The Kier molecular flexibility index (Phi) is 6.66. The number of sulfonamides is 1. The van der Waals surface area contributed by atoms with Gasteiger partial charge in [-0.05, 0) is 62.2 Å². The molecule has 3 rings (SSSR count). The molecule has 2 aromatic rings. The maximum absolute atomic E-state index is 12.8. The molecule has 0 aromatic heterocycles. The molecule has 1 atom stereocenters. The fourth-order valence-corrected chi connectivity index (χ4v) is 4.70. The summed E-state index contributed by atoms with van der Waals surface area (Å²) in [5.74, 6) is 0.417. The molecule has 1 N–H and O–H groups in total. The highest BCUT2D eigenvalue weighted by Crippen LogP contribution is 2.30. The monoisotopic (exact) mass is 438 g/mol. The zero-order chi connectivity index (χ0) is 21.0. The number of carbonyl (C=O) groups excluding carboxylic acids is 1. The van der Waals surface area contributed by atoms with E-state index in [4.69, 9.17) is 21.1 Å². The van der Waals surface area contributed by atoms with Gasteiger partial charge in [-0.3, -0.25) is 4.79 Å². The molecule has 7 nitrogen and oxygen atoms in total. The van der Waals surface area contributed by atoms with Crippen molar-refractivity contribution in [1.29, 1.82) is 0 Å². The molecule has 9 heteroatoms. The summed E-state index contributed by atoms with van der Waals surface area (Å²) in [6.45, 7) is 2.60. The second kappa shape index (κ2) is 9.02. The van der Waals surface area contributed by atoms with Crippen molar-refractivity contribution in [3.63, 3.8) is 0 Å². The molecule has 1 aliphatic rings. The predicted molar refractivity (Wildman–Crippen MR) is 111 cm³/mol. The van der Waals surface area contributed by atoms with Gasteiger partial charge in [0.15, 0.2) is 6.10 Å². The van der Waals surface area contributed by atoms with Gasteiger partial charge in [-0.15, -0.1) is 0 Å². The van der Waals surface area contributed by atoms with Crippen LogP contribution in [0.15, 0.2) is 47.4 Å². The Morgan fingerprint density at radius 3 is 2.41 bits per heavy atom. The molecule has 0 bridgehead atoms. The Morgan fingerprint density at radius 2 is 1.79 bits per heavy atom. The van der Waals surface area contributed by atoms with Crippen molar-refractivity contribution in [3.8, 4) is 11.5 Å². The maximum Gasteiger partial charge on any atom is 0.265 e. The van der Waals surface area contributed by atoms with E-state index in [1.165, 1.54) is 29.6 Å². The van der Waals surface area contributed by atoms with E-state index >= 15 is 0 Å². The first-order chi connectivity index (χ1) is 13.8. The number of carbonyl (C=O) groups is 1. The van der Waals surface area contributed by atoms with Crippen LogP contribution >= 0.6 is 11.6 Å². The summed E-state index contributed by atoms with van der Waals surface area (Å²) in [7, 11) is -2.16. The number of ether oxygens (including phenoxy) is 2. The van der Waals surface area contributed by atoms with Gasteiger partial charge in [0.25, 0.3) is 5.91 Å². The van der Waals surface area contributed by atoms with Gasteiger partial charge in [0, 0.05) is 18.1 Å². The van der Waals surface area contributed by atoms with Crippen LogP contribution in [0.25, 0.3) is 0 Å². The van der Waals surface area contributed by atoms with E-state index in [0.717, 1.165) is 12.8 Å². The highest BCUT2D eigenvalue weighted by Gasteiger charge is 2.28. The van der Waals surface area contributed by atoms with Crippen LogP contribution in [-0.2, 0) is 14.8 Å². The molecular formula is C20H23ClN2O5S. The van der Waals surface area contributed by atoms with Crippen molar-refractivity contribution in [2.24, 2.45) is 0 Å². The number of nitrogens with one attached hydrogen (secondary N) is 1. The Balaban J connectivity index is 1.78. The van der Waals surface area contributed by atoms with Crippen LogP contribution in [0.3, 0.4) is 0 Å². The molecule has 1 heterocycles. The van der Waals surface area contributed by atoms with Crippen molar-refractivity contribution < 1.29 is 22.7 Å². The summed E-state index contributed by atoms with van der Waals surface area (Å²) in [5, 5.41) is 3.26. The van der Waals surface area contributed by atoms with E-state index in [2.05, 4.69) is 5.32 Å². The summed E-state index contributed by atoms with van der Waals surface area (Å²) in [6, 6.07) is 11.1. The van der Waals surface area contributed by atoms with Crippen molar-refractivity contribution in [2.75, 3.05) is 25.5 Å². The quantitative estimate of drug-likeness (QED) is 0.714. The Labute approximate surface area is 175 Å². The van der Waals surface area contributed by atoms with Crippen LogP contribution in [0.4, 0.5) is 5.69 Å². The first kappa shape index (κ1) is 21.4. The second-order valence-corrected chi connectivity index (χ2v) is 9.05. The minimum atomic E-state index is -3.61. The zero-order valence-corrected chi connectivity index (χ0v) is 17.8. The Morgan fingerprint density at radius 1 is 1.14 bits per heavy atom. The molecule has 0 saturated carbocycles. The van der Waals surface area contributed by atoms with E-state index in [-0.39, 0.29) is 10.6 Å². The normalized spacial score (nSPS) is 15.7. The molecule has 2 aromatic carbocycles. The van der Waals surface area contributed by atoms with E-state index in [9.17, 15) is 13.2 Å². The molecule has 1 fully saturated rings. The van der Waals surface area contributed by atoms with Crippen LogP contribution < -0.4 is 14.8 Å². The number of amides is 1. The van der Waals surface area contributed by atoms with Gasteiger partial charge in [0.1, 0.15) is 11.5 Å². The third-order valence-electron chi connectivity index (χ3n) is 4.63. The van der Waals surface area contributed by atoms with E-state index < -0.39 is 22.0 Å². The highest BCUT2D eigenvalue weighted by molar-refractivity contribution is 7.89. The van der Waals surface area contributed by atoms with E-state index in [1.54, 1.807) is 31.2 Å². The second-order valence-electron chi connectivity index (χ2n) is 6.68. The predicted octanol–water partition coefficient (Wildman–Crippen LogP) is 3.54. The standard InChI is InChI=1S/C20H23ClN2O5S/c1-14(28-16-7-5-15(21)6-8-16)20(24)22-18-13-17(9-10-19(18)27-2)29(25,26)23-11-3-4-12-23/h5-10,13-14H,3-4,11-12H2,1-2H3,(H,22,24)/t14-/m0/s1. The Bertz CT molecular complexity index is 973. The van der Waals surface area contributed by atoms with Crippen LogP contribution in [0, 0.1) is 0 Å². The lowest BCUT2D eigenvalue weighted by molar-refractivity contribution is -0.122. The van der Waals surface area contributed by atoms with Crippen molar-refractivity contribution in [2.45, 2.75) is 30.8 Å². The summed E-state index contributed by atoms with van der Waals surface area (Å²) >= 11 is 5.85. The first-order valence-electron chi connectivity index (χ1n) is 9.22. The zero-order valence-electron chi connectivity index (χ0n) is 16.2. The van der Waals surface area contributed by atoms with Crippen molar-refractivity contribution in [3.05, 3.63) is 47.5 Å². The number of hydrogen-bond donors (Lipinski definition) is 1. The fraction of sp³-hybridized carbons (Fsp3) is 0.350. The molecule has 156 valence electrons. The first-order valence-corrected chi connectivity index (χ1v) is 11.0. The summed E-state index contributed by atoms with van der Waals surface area (Å²) in [4.78, 5) is 12.7. The largest absolute Gasteiger partial charge is 0.495 e. The molecule has 0 spiro atoms. The Hall–Kier alpha value is -2.29. The smallest absolute Gasteiger partial charge is 0.265 e. The summed E-state index contributed by atoms with van der Waals surface area (Å²) < 4.78 is 38.0. The maximum atomic E-state index is 12.8. The van der Waals surface area contributed by atoms with Gasteiger partial charge >= 0.3 is 0 Å². The number of benzene rings is 2. The average Bonchev–Trinajstić information content (AvgIpc) is 3.25. The van der Waals surface area contributed by atoms with Crippen LogP contribution in [-0.4, -0.2) is 44.9 Å². The minimum absolute atomic E-state index is 0.113. The minimum Gasteiger partial charge on any atom is -0.495 e. The lowest BCUT2D eigenvalue weighted by atomic mass is 10.2. The van der Waals surface area contributed by atoms with Gasteiger partial charge in [0.05, 0.1) is 17.7 Å². The molecule has 0 unspecified atom stereocenters. The van der Waals surface area contributed by atoms with Gasteiger partial charge in [-0.25, -0.2) is 8.42 Å². The molecule has 0 aliphatic carbocycles. The number of hydrogen-bond acceptors (Lipinski definition) is 5. The number of rotatable bonds is 7. The third kappa shape index (κ3) is 5.01. The van der Waals surface area contributed by atoms with Crippen molar-refractivity contribution >= 4 is 33.2 Å². The summed E-state index contributed by atoms with van der Waals surface area (Å²) in [5.41, 5.74) is 0.268. The topological polar surface area (TPSA) is 84.9 Å². The lowest BCUT2D eigenvalue weighted by Gasteiger charge is -2.19. The van der Waals surface area contributed by atoms with E-state index in [0.29, 0.717) is 29.6 Å². The SMILES string of the molecule is COc1ccc(S(=O)(=O)N2CCCC2)cc1NC(=O)[C@H](C)Oc1ccc(Cl)cc1. The van der Waals surface area contributed by atoms with Crippen LogP contribution in [0.1, 0.15) is 19.8 Å². The molecule has 29 heavy (non-hydrogen) atoms. The molecule has 1 aliphatic heterocycles. The van der Waals surface area contributed by atoms with Gasteiger partial charge in [0.2, 0.25) is 10.0 Å². The van der Waals surface area contributed by atoms with Crippen LogP contribution in [0.5, 0.6) is 11.5 Å². The molecule has 1 amide bonds. The van der Waals surface area contributed by atoms with Crippen molar-refractivity contribution in [1.82, 2.24) is 4.31 Å². The highest BCUT2D eigenvalue weighted by atomic mass is 35.5. The van der Waals surface area contributed by atoms with Gasteiger partial charge < -0.3 is 14.8 Å². The molecular weight excluding hydrogens is 416 g/mol. The number of anilines is 1. The van der Waals surface area contributed by atoms with Crippen LogP contribution in [0.2, 0.25) is 5.02 Å². The fourth-order valence-electron chi connectivity index (χ4n) is 3.03. The number of methoxy groups -OCH3 is 1.